The van der Waals surface area contributed by atoms with E-state index in [1.54, 1.807) is 6.07 Å². The molecule has 0 saturated carbocycles. The Hall–Kier alpha value is -1.11. The van der Waals surface area contributed by atoms with E-state index in [1.807, 2.05) is 6.07 Å². The van der Waals surface area contributed by atoms with Gasteiger partial charge in [0.25, 0.3) is 0 Å². The van der Waals surface area contributed by atoms with Gasteiger partial charge in [-0.1, -0.05) is 0 Å². The zero-order valence-corrected chi connectivity index (χ0v) is 8.45. The molecule has 0 spiro atoms. The summed E-state index contributed by atoms with van der Waals surface area (Å²) in [5.74, 6) is 0. The molecule has 2 heterocycles. The van der Waals surface area contributed by atoms with Gasteiger partial charge in [-0.05, 0) is 16.5 Å². The molecule has 0 aliphatic carbocycles. The number of H-pyrrole nitrogens is 1. The Morgan fingerprint density at radius 2 is 2.29 bits per heavy atom. The lowest BCUT2D eigenvalue weighted by molar-refractivity contribution is 0.424. The fraction of sp³-hybridized carbons (Fsp3) is 0.125. The van der Waals surface area contributed by atoms with Crippen LogP contribution in [0.4, 0.5) is 0 Å². The average molecular weight is 209 g/mol. The molecular weight excluding hydrogens is 199 g/mol. The smallest absolute Gasteiger partial charge is 0.422 e. The lowest BCUT2D eigenvalue weighted by Gasteiger charge is -1.88. The SMILES string of the molecule is C[s+]1ccc(-c2cc(B(O)O)[nH]n2)c1. The van der Waals surface area contributed by atoms with Crippen LogP contribution in [0.3, 0.4) is 0 Å². The highest BCUT2D eigenvalue weighted by Gasteiger charge is 2.16. The van der Waals surface area contributed by atoms with E-state index < -0.39 is 7.12 Å². The maximum Gasteiger partial charge on any atom is 0.507 e. The minimum atomic E-state index is -1.48. The third-order valence-corrected chi connectivity index (χ3v) is 3.14. The van der Waals surface area contributed by atoms with E-state index in [2.05, 4.69) is 27.2 Å². The fourth-order valence-electron chi connectivity index (χ4n) is 1.22. The van der Waals surface area contributed by atoms with Crippen LogP contribution in [0, 0.1) is 0 Å². The molecule has 2 aromatic heterocycles. The first-order valence-electron chi connectivity index (χ1n) is 4.12. The number of nitrogens with one attached hydrogen (secondary N) is 1. The molecule has 2 aromatic rings. The molecule has 0 fully saturated rings. The molecule has 0 amide bonds. The first kappa shape index (κ1) is 9.45. The Morgan fingerprint density at radius 1 is 1.50 bits per heavy atom. The standard InChI is InChI=1S/C8H10BN2O2S/c1-14-3-2-6(5-14)7-4-8(9(12)13)11-10-7/h2-5,12-13H,1H3,(H,10,11)/q+1. The van der Waals surface area contributed by atoms with Gasteiger partial charge in [0.15, 0.2) is 0 Å². The van der Waals surface area contributed by atoms with Crippen molar-refractivity contribution < 1.29 is 10.0 Å². The van der Waals surface area contributed by atoms with Crippen LogP contribution in [-0.2, 0) is 6.26 Å². The molecule has 1 unspecified atom stereocenters. The highest BCUT2D eigenvalue weighted by atomic mass is 32.2. The summed E-state index contributed by atoms with van der Waals surface area (Å²) in [5.41, 5.74) is 2.09. The molecule has 3 N–H and O–H groups in total. The molecule has 2 rings (SSSR count). The fourth-order valence-corrected chi connectivity index (χ4v) is 2.26. The molecule has 6 heteroatoms. The van der Waals surface area contributed by atoms with Gasteiger partial charge < -0.3 is 10.0 Å². The van der Waals surface area contributed by atoms with Crippen LogP contribution in [-0.4, -0.2) is 27.4 Å². The second-order valence-electron chi connectivity index (χ2n) is 3.07. The summed E-state index contributed by atoms with van der Waals surface area (Å²) in [4.78, 5) is 0. The van der Waals surface area contributed by atoms with Gasteiger partial charge >= 0.3 is 7.12 Å². The summed E-state index contributed by atoms with van der Waals surface area (Å²) in [7, 11) is -1.31. The first-order valence-corrected chi connectivity index (χ1v) is 5.88. The average Bonchev–Trinajstić information content (AvgIpc) is 2.70. The van der Waals surface area contributed by atoms with Gasteiger partial charge in [-0.15, -0.1) is 0 Å². The molecule has 0 aliphatic heterocycles. The Morgan fingerprint density at radius 3 is 2.79 bits per heavy atom. The van der Waals surface area contributed by atoms with E-state index in [1.165, 1.54) is 0 Å². The first-order chi connectivity index (χ1) is 6.66. The van der Waals surface area contributed by atoms with Gasteiger partial charge in [0.2, 0.25) is 0 Å². The van der Waals surface area contributed by atoms with Gasteiger partial charge in [-0.3, -0.25) is 5.10 Å². The third kappa shape index (κ3) is 1.72. The van der Waals surface area contributed by atoms with Gasteiger partial charge in [0.1, 0.15) is 17.0 Å². The van der Waals surface area contributed by atoms with Crippen LogP contribution in [0.1, 0.15) is 0 Å². The van der Waals surface area contributed by atoms with Crippen molar-refractivity contribution in [2.24, 2.45) is 6.26 Å². The van der Waals surface area contributed by atoms with Gasteiger partial charge in [-0.2, -0.15) is 5.10 Å². The molecular formula is C8H10BN2O2S+. The van der Waals surface area contributed by atoms with Crippen LogP contribution in [0.15, 0.2) is 22.9 Å². The zero-order valence-electron chi connectivity index (χ0n) is 7.64. The van der Waals surface area contributed by atoms with E-state index in [4.69, 9.17) is 10.0 Å². The Balaban J connectivity index is 2.33. The monoisotopic (exact) mass is 209 g/mol. The number of rotatable bonds is 2. The van der Waals surface area contributed by atoms with Crippen molar-refractivity contribution in [2.75, 3.05) is 0 Å². The summed E-state index contributed by atoms with van der Waals surface area (Å²) in [6.45, 7) is 0. The largest absolute Gasteiger partial charge is 0.507 e. The number of thiophene rings is 1. The molecule has 72 valence electrons. The highest BCUT2D eigenvalue weighted by molar-refractivity contribution is 7.26. The lowest BCUT2D eigenvalue weighted by atomic mass is 9.86. The second-order valence-corrected chi connectivity index (χ2v) is 4.79. The maximum atomic E-state index is 8.88. The molecule has 1 atom stereocenters. The van der Waals surface area contributed by atoms with Gasteiger partial charge in [0.05, 0.1) is 16.9 Å². The number of nitrogens with zero attached hydrogens (tertiary/aromatic N) is 1. The molecule has 0 aliphatic rings. The quantitative estimate of drug-likeness (QED) is 0.483. The molecule has 0 bridgehead atoms. The van der Waals surface area contributed by atoms with Crippen LogP contribution in [0.25, 0.3) is 11.3 Å². The number of aromatic amines is 1. The van der Waals surface area contributed by atoms with Crippen molar-refractivity contribution in [3.63, 3.8) is 0 Å². The van der Waals surface area contributed by atoms with Crippen molar-refractivity contribution in [1.82, 2.24) is 10.2 Å². The predicted molar refractivity (Wildman–Crippen MR) is 57.3 cm³/mol. The number of aromatic nitrogens is 2. The third-order valence-electron chi connectivity index (χ3n) is 1.95. The summed E-state index contributed by atoms with van der Waals surface area (Å²) in [6.07, 6.45) is 2.11. The Kier molecular flexibility index (Phi) is 2.41. The normalized spacial score (nSPS) is 11.8. The van der Waals surface area contributed by atoms with E-state index in [9.17, 15) is 0 Å². The van der Waals surface area contributed by atoms with E-state index in [-0.39, 0.29) is 10.5 Å². The maximum absolute atomic E-state index is 8.88. The van der Waals surface area contributed by atoms with Crippen molar-refractivity contribution >= 4 is 23.2 Å². The zero-order chi connectivity index (χ0) is 10.1. The number of hydrogen-bond donors (Lipinski definition) is 3. The van der Waals surface area contributed by atoms with Crippen molar-refractivity contribution in [2.45, 2.75) is 0 Å². The molecule has 0 radical (unpaired) electrons. The minimum absolute atomic E-state index is 0.174. The number of aryl methyl sites for hydroxylation is 1. The van der Waals surface area contributed by atoms with E-state index >= 15 is 0 Å². The van der Waals surface area contributed by atoms with Crippen LogP contribution in [0.2, 0.25) is 0 Å². The van der Waals surface area contributed by atoms with Crippen molar-refractivity contribution in [3.8, 4) is 11.3 Å². The summed E-state index contributed by atoms with van der Waals surface area (Å²) in [5, 5.41) is 28.5. The molecule has 0 aromatic carbocycles. The topological polar surface area (TPSA) is 69.1 Å². The molecule has 0 saturated heterocycles. The number of hydrogen-bond acceptors (Lipinski definition) is 3. The lowest BCUT2D eigenvalue weighted by Crippen LogP contribution is -2.30. The Labute approximate surface area is 84.3 Å². The summed E-state index contributed by atoms with van der Waals surface area (Å²) < 4.78 is 0. The summed E-state index contributed by atoms with van der Waals surface area (Å²) >= 11 is 0. The van der Waals surface area contributed by atoms with Crippen LogP contribution < -0.4 is 5.59 Å². The minimum Gasteiger partial charge on any atom is -0.422 e. The predicted octanol–water partition coefficient (Wildman–Crippen LogP) is 0.0426. The highest BCUT2D eigenvalue weighted by Crippen LogP contribution is 2.24. The van der Waals surface area contributed by atoms with Crippen LogP contribution in [0.5, 0.6) is 0 Å². The summed E-state index contributed by atoms with van der Waals surface area (Å²) in [6, 6.07) is 3.64. The van der Waals surface area contributed by atoms with E-state index in [0.717, 1.165) is 11.3 Å². The van der Waals surface area contributed by atoms with Gasteiger partial charge in [-0.25, -0.2) is 0 Å². The molecule has 4 nitrogen and oxygen atoms in total. The Bertz CT molecular complexity index is 438. The molecule has 14 heavy (non-hydrogen) atoms. The van der Waals surface area contributed by atoms with Crippen LogP contribution >= 0.6 is 10.5 Å². The van der Waals surface area contributed by atoms with Crippen molar-refractivity contribution in [3.05, 3.63) is 22.9 Å². The van der Waals surface area contributed by atoms with Crippen molar-refractivity contribution in [1.29, 1.82) is 0 Å². The second kappa shape index (κ2) is 3.57. The van der Waals surface area contributed by atoms with E-state index in [0.29, 0.717) is 5.59 Å². The van der Waals surface area contributed by atoms with Gasteiger partial charge in [0, 0.05) is 6.07 Å².